The minimum Gasteiger partial charge on any atom is -0.352 e. The van der Waals surface area contributed by atoms with E-state index in [-0.39, 0.29) is 17.8 Å². The van der Waals surface area contributed by atoms with Crippen LogP contribution in [0.3, 0.4) is 0 Å². The topological polar surface area (TPSA) is 54.9 Å². The highest BCUT2D eigenvalue weighted by molar-refractivity contribution is 8.00. The van der Waals surface area contributed by atoms with Crippen LogP contribution in [-0.2, 0) is 17.6 Å². The summed E-state index contributed by atoms with van der Waals surface area (Å²) in [5.41, 5.74) is 2.14. The molecule has 0 spiro atoms. The van der Waals surface area contributed by atoms with Crippen molar-refractivity contribution in [3.63, 3.8) is 0 Å². The van der Waals surface area contributed by atoms with Gasteiger partial charge in [0.2, 0.25) is 5.91 Å². The van der Waals surface area contributed by atoms with Crippen LogP contribution >= 0.6 is 23.1 Å². The van der Waals surface area contributed by atoms with Crippen molar-refractivity contribution in [1.29, 1.82) is 0 Å². The molecule has 1 unspecified atom stereocenters. The number of carbonyl (C=O) groups excluding carboxylic acids is 1. The first-order valence-electron chi connectivity index (χ1n) is 9.17. The Morgan fingerprint density at radius 2 is 2.04 bits per heavy atom. The molecule has 0 radical (unpaired) electrons. The van der Waals surface area contributed by atoms with Crippen LogP contribution in [0.1, 0.15) is 40.5 Å². The van der Waals surface area contributed by atoms with E-state index in [1.807, 2.05) is 0 Å². The lowest BCUT2D eigenvalue weighted by Gasteiger charge is -2.17. The molecule has 1 fully saturated rings. The number of aryl methyl sites for hydroxylation is 2. The van der Waals surface area contributed by atoms with Crippen molar-refractivity contribution in [1.82, 2.24) is 15.3 Å². The average Bonchev–Trinajstić information content (AvgIpc) is 3.23. The number of halogens is 1. The van der Waals surface area contributed by atoms with Gasteiger partial charge in [0.25, 0.3) is 0 Å². The highest BCUT2D eigenvalue weighted by Gasteiger charge is 2.31. The van der Waals surface area contributed by atoms with Gasteiger partial charge in [-0.1, -0.05) is 23.9 Å². The van der Waals surface area contributed by atoms with Crippen LogP contribution in [0.5, 0.6) is 0 Å². The number of aromatic nitrogens is 2. The maximum atomic E-state index is 13.4. The Bertz CT molecular complexity index is 1010. The van der Waals surface area contributed by atoms with Gasteiger partial charge in [0.1, 0.15) is 27.3 Å². The number of fused-ring (bicyclic) bond motifs is 3. The molecule has 2 aliphatic carbocycles. The first-order valence-corrected chi connectivity index (χ1v) is 10.9. The highest BCUT2D eigenvalue weighted by atomic mass is 32.2. The third-order valence-corrected chi connectivity index (χ3v) is 7.49. The van der Waals surface area contributed by atoms with Gasteiger partial charge in [-0.15, -0.1) is 11.3 Å². The Morgan fingerprint density at radius 1 is 1.22 bits per heavy atom. The van der Waals surface area contributed by atoms with Gasteiger partial charge in [-0.3, -0.25) is 4.79 Å². The summed E-state index contributed by atoms with van der Waals surface area (Å²) in [5.74, 6) is -0.335. The van der Waals surface area contributed by atoms with Crippen LogP contribution in [0.15, 0.2) is 35.6 Å². The minimum atomic E-state index is -0.457. The second kappa shape index (κ2) is 6.87. The van der Waals surface area contributed by atoms with Gasteiger partial charge in [-0.25, -0.2) is 14.4 Å². The second-order valence-electron chi connectivity index (χ2n) is 7.05. The van der Waals surface area contributed by atoms with Gasteiger partial charge in [0.15, 0.2) is 0 Å². The summed E-state index contributed by atoms with van der Waals surface area (Å²) in [6, 6.07) is 6.47. The van der Waals surface area contributed by atoms with E-state index in [1.54, 1.807) is 29.8 Å². The van der Waals surface area contributed by atoms with Crippen molar-refractivity contribution in [2.75, 3.05) is 0 Å². The molecule has 2 heterocycles. The Morgan fingerprint density at radius 3 is 2.81 bits per heavy atom. The molecule has 3 aromatic rings. The third-order valence-electron chi connectivity index (χ3n) is 5.03. The maximum absolute atomic E-state index is 13.4. The zero-order valence-electron chi connectivity index (χ0n) is 14.6. The molecule has 27 heavy (non-hydrogen) atoms. The number of amides is 1. The molecule has 2 aromatic heterocycles. The summed E-state index contributed by atoms with van der Waals surface area (Å²) in [4.78, 5) is 24.3. The van der Waals surface area contributed by atoms with Crippen LogP contribution in [0.2, 0.25) is 0 Å². The monoisotopic (exact) mass is 399 g/mol. The van der Waals surface area contributed by atoms with Gasteiger partial charge < -0.3 is 5.32 Å². The molecule has 2 aliphatic rings. The Kier molecular flexibility index (Phi) is 4.36. The molecule has 1 aromatic carbocycles. The van der Waals surface area contributed by atoms with Crippen LogP contribution in [0.25, 0.3) is 10.2 Å². The van der Waals surface area contributed by atoms with Crippen LogP contribution in [-0.4, -0.2) is 21.9 Å². The van der Waals surface area contributed by atoms with Crippen molar-refractivity contribution >= 4 is 39.2 Å². The number of nitrogens with one attached hydrogen (secondary N) is 1. The largest absolute Gasteiger partial charge is 0.352 e. The maximum Gasteiger partial charge on any atom is 0.238 e. The number of hydrogen-bond donors (Lipinski definition) is 1. The molecule has 1 amide bonds. The third kappa shape index (κ3) is 3.34. The highest BCUT2D eigenvalue weighted by Crippen LogP contribution is 2.44. The molecule has 0 bridgehead atoms. The molecule has 1 saturated carbocycles. The van der Waals surface area contributed by atoms with E-state index in [4.69, 9.17) is 0 Å². The van der Waals surface area contributed by atoms with E-state index in [2.05, 4.69) is 15.3 Å². The Labute approximate surface area is 164 Å². The SMILES string of the molecule is O=C(NC1CC1)C(Sc1ncnc2sc3c(c12)CCC3)c1ccc(F)cc1. The summed E-state index contributed by atoms with van der Waals surface area (Å²) in [5, 5.41) is 4.58. The van der Waals surface area contributed by atoms with E-state index in [0.717, 1.165) is 46.5 Å². The smallest absolute Gasteiger partial charge is 0.238 e. The van der Waals surface area contributed by atoms with Gasteiger partial charge >= 0.3 is 0 Å². The summed E-state index contributed by atoms with van der Waals surface area (Å²) in [6.45, 7) is 0. The number of thioether (sulfide) groups is 1. The zero-order chi connectivity index (χ0) is 18.4. The predicted molar refractivity (Wildman–Crippen MR) is 106 cm³/mol. The minimum absolute atomic E-state index is 0.0345. The molecule has 5 rings (SSSR count). The average molecular weight is 400 g/mol. The van der Waals surface area contributed by atoms with Gasteiger partial charge in [0.05, 0.1) is 0 Å². The van der Waals surface area contributed by atoms with Crippen LogP contribution < -0.4 is 5.32 Å². The lowest BCUT2D eigenvalue weighted by molar-refractivity contribution is -0.120. The van der Waals surface area contributed by atoms with Gasteiger partial charge in [-0.2, -0.15) is 0 Å². The van der Waals surface area contributed by atoms with E-state index < -0.39 is 5.25 Å². The van der Waals surface area contributed by atoms with Crippen molar-refractivity contribution in [2.45, 2.75) is 48.4 Å². The molecule has 138 valence electrons. The normalized spacial score (nSPS) is 17.1. The quantitative estimate of drug-likeness (QED) is 0.509. The standard InChI is InChI=1S/C20H18FN3OS2/c21-12-6-4-11(5-7-12)17(18(25)24-13-8-9-13)27-20-16-14-2-1-3-15(14)26-19(16)22-10-23-20/h4-7,10,13,17H,1-3,8-9H2,(H,24,25). The molecular formula is C20H18FN3OS2. The zero-order valence-corrected chi connectivity index (χ0v) is 16.2. The van der Waals surface area contributed by atoms with Gasteiger partial charge in [-0.05, 0) is 55.4 Å². The van der Waals surface area contributed by atoms with Gasteiger partial charge in [0, 0.05) is 16.3 Å². The number of rotatable bonds is 5. The molecule has 1 atom stereocenters. The fraction of sp³-hybridized carbons (Fsp3) is 0.350. The fourth-order valence-electron chi connectivity index (χ4n) is 3.52. The van der Waals surface area contributed by atoms with E-state index >= 15 is 0 Å². The number of thiophene rings is 1. The number of carbonyl (C=O) groups is 1. The van der Waals surface area contributed by atoms with E-state index in [1.165, 1.54) is 40.8 Å². The predicted octanol–water partition coefficient (Wildman–Crippen LogP) is 4.43. The summed E-state index contributed by atoms with van der Waals surface area (Å²) < 4.78 is 13.4. The molecule has 0 saturated heterocycles. The number of nitrogens with zero attached hydrogens (tertiary/aromatic N) is 2. The van der Waals surface area contributed by atoms with Crippen molar-refractivity contribution in [3.05, 3.63) is 52.4 Å². The molecule has 0 aliphatic heterocycles. The molecular weight excluding hydrogens is 381 g/mol. The summed E-state index contributed by atoms with van der Waals surface area (Å²) in [6.07, 6.45) is 6.96. The number of benzene rings is 1. The lowest BCUT2D eigenvalue weighted by Crippen LogP contribution is -2.29. The first-order chi connectivity index (χ1) is 13.2. The first kappa shape index (κ1) is 17.1. The molecule has 1 N–H and O–H groups in total. The van der Waals surface area contributed by atoms with Crippen molar-refractivity contribution in [3.8, 4) is 0 Å². The van der Waals surface area contributed by atoms with Crippen LogP contribution in [0.4, 0.5) is 4.39 Å². The summed E-state index contributed by atoms with van der Waals surface area (Å²) >= 11 is 3.19. The summed E-state index contributed by atoms with van der Waals surface area (Å²) in [7, 11) is 0. The second-order valence-corrected chi connectivity index (χ2v) is 9.23. The van der Waals surface area contributed by atoms with Crippen molar-refractivity contribution in [2.24, 2.45) is 0 Å². The Balaban J connectivity index is 1.53. The van der Waals surface area contributed by atoms with Crippen molar-refractivity contribution < 1.29 is 9.18 Å². The van der Waals surface area contributed by atoms with Crippen LogP contribution in [0, 0.1) is 5.82 Å². The fourth-order valence-corrected chi connectivity index (χ4v) is 5.95. The Hall–Kier alpha value is -1.99. The lowest BCUT2D eigenvalue weighted by atomic mass is 10.1. The molecule has 4 nitrogen and oxygen atoms in total. The van der Waals surface area contributed by atoms with E-state index in [9.17, 15) is 9.18 Å². The molecule has 7 heteroatoms. The van der Waals surface area contributed by atoms with E-state index in [0.29, 0.717) is 0 Å². The number of hydrogen-bond acceptors (Lipinski definition) is 5.